The fraction of sp³-hybridized carbons (Fsp3) is 0.474. The minimum absolute atomic E-state index is 0.0586. The quantitative estimate of drug-likeness (QED) is 0.721. The van der Waals surface area contributed by atoms with E-state index in [4.69, 9.17) is 11.6 Å². The SMILES string of the molecule is CCCCCc1c(C)nn(C(=O)CNc2cccc(Cl)c2C)c1C. The Kier molecular flexibility index (Phi) is 6.44. The Balaban J connectivity index is 2.07. The molecule has 0 fully saturated rings. The molecular formula is C19H26ClN3O. The zero-order valence-corrected chi connectivity index (χ0v) is 15.7. The largest absolute Gasteiger partial charge is 0.376 e. The molecule has 0 saturated carbocycles. The summed E-state index contributed by atoms with van der Waals surface area (Å²) in [6, 6.07) is 5.64. The molecular weight excluding hydrogens is 322 g/mol. The van der Waals surface area contributed by atoms with Crippen molar-refractivity contribution in [2.75, 3.05) is 11.9 Å². The van der Waals surface area contributed by atoms with Crippen molar-refractivity contribution in [1.29, 1.82) is 0 Å². The number of hydrogen-bond donors (Lipinski definition) is 1. The molecule has 0 aliphatic rings. The highest BCUT2D eigenvalue weighted by atomic mass is 35.5. The van der Waals surface area contributed by atoms with Crippen molar-refractivity contribution in [2.24, 2.45) is 0 Å². The van der Waals surface area contributed by atoms with Gasteiger partial charge in [-0.05, 0) is 56.9 Å². The van der Waals surface area contributed by atoms with Crippen molar-refractivity contribution in [1.82, 2.24) is 9.78 Å². The number of anilines is 1. The topological polar surface area (TPSA) is 46.9 Å². The number of rotatable bonds is 7. The second kappa shape index (κ2) is 8.34. The molecule has 0 radical (unpaired) electrons. The molecule has 1 aromatic heterocycles. The summed E-state index contributed by atoms with van der Waals surface area (Å²) >= 11 is 6.11. The van der Waals surface area contributed by atoms with E-state index in [9.17, 15) is 4.79 Å². The maximum Gasteiger partial charge on any atom is 0.266 e. The molecule has 130 valence electrons. The van der Waals surface area contributed by atoms with Crippen molar-refractivity contribution >= 4 is 23.2 Å². The molecule has 0 saturated heterocycles. The highest BCUT2D eigenvalue weighted by Gasteiger charge is 2.16. The summed E-state index contributed by atoms with van der Waals surface area (Å²) in [6.45, 7) is 8.27. The van der Waals surface area contributed by atoms with Crippen LogP contribution in [0.4, 0.5) is 5.69 Å². The molecule has 0 aliphatic carbocycles. The Bertz CT molecular complexity index is 722. The normalized spacial score (nSPS) is 10.9. The Hall–Kier alpha value is -1.81. The van der Waals surface area contributed by atoms with E-state index in [0.717, 1.165) is 35.5 Å². The summed E-state index contributed by atoms with van der Waals surface area (Å²) in [7, 11) is 0. The van der Waals surface area contributed by atoms with Gasteiger partial charge in [-0.3, -0.25) is 4.79 Å². The summed E-state index contributed by atoms with van der Waals surface area (Å²) in [4.78, 5) is 12.5. The lowest BCUT2D eigenvalue weighted by Gasteiger charge is -2.10. The minimum Gasteiger partial charge on any atom is -0.376 e. The standard InChI is InChI=1S/C19H26ClN3O/c1-5-6-7-9-16-14(3)22-23(15(16)4)19(24)12-21-18-11-8-10-17(20)13(18)2/h8,10-11,21H,5-7,9,12H2,1-4H3. The van der Waals surface area contributed by atoms with Gasteiger partial charge in [-0.15, -0.1) is 0 Å². The number of carbonyl (C=O) groups excluding carboxylic acids is 1. The number of nitrogens with zero attached hydrogens (tertiary/aromatic N) is 2. The van der Waals surface area contributed by atoms with Crippen LogP contribution in [0.2, 0.25) is 5.02 Å². The number of benzene rings is 1. The van der Waals surface area contributed by atoms with Gasteiger partial charge in [0, 0.05) is 16.4 Å². The van der Waals surface area contributed by atoms with Crippen LogP contribution in [0.3, 0.4) is 0 Å². The number of hydrogen-bond acceptors (Lipinski definition) is 3. The van der Waals surface area contributed by atoms with Crippen LogP contribution in [-0.4, -0.2) is 22.2 Å². The first-order chi connectivity index (χ1) is 11.5. The second-order valence-electron chi connectivity index (χ2n) is 6.18. The maximum atomic E-state index is 12.5. The van der Waals surface area contributed by atoms with Crippen molar-refractivity contribution < 1.29 is 4.79 Å². The van der Waals surface area contributed by atoms with Crippen LogP contribution in [-0.2, 0) is 6.42 Å². The smallest absolute Gasteiger partial charge is 0.266 e. The number of nitrogens with one attached hydrogen (secondary N) is 1. The van der Waals surface area contributed by atoms with E-state index >= 15 is 0 Å². The van der Waals surface area contributed by atoms with Gasteiger partial charge in [-0.25, -0.2) is 4.68 Å². The van der Waals surface area contributed by atoms with Crippen LogP contribution in [0.1, 0.15) is 53.5 Å². The molecule has 0 unspecified atom stereocenters. The van der Waals surface area contributed by atoms with Gasteiger partial charge in [0.25, 0.3) is 5.91 Å². The Labute approximate surface area is 149 Å². The van der Waals surface area contributed by atoms with Crippen LogP contribution in [0.5, 0.6) is 0 Å². The third-order valence-corrected chi connectivity index (χ3v) is 4.81. The number of aryl methyl sites for hydroxylation is 1. The van der Waals surface area contributed by atoms with Gasteiger partial charge in [0.15, 0.2) is 0 Å². The van der Waals surface area contributed by atoms with Crippen molar-refractivity contribution in [2.45, 2.75) is 53.4 Å². The van der Waals surface area contributed by atoms with Gasteiger partial charge in [-0.1, -0.05) is 37.4 Å². The molecule has 5 heteroatoms. The predicted molar refractivity (Wildman–Crippen MR) is 100 cm³/mol. The Morgan fingerprint density at radius 1 is 1.25 bits per heavy atom. The number of aromatic nitrogens is 2. The van der Waals surface area contributed by atoms with Crippen LogP contribution in [0.15, 0.2) is 18.2 Å². The van der Waals surface area contributed by atoms with Gasteiger partial charge in [0.2, 0.25) is 0 Å². The van der Waals surface area contributed by atoms with E-state index in [0.29, 0.717) is 5.02 Å². The third kappa shape index (κ3) is 4.18. The summed E-state index contributed by atoms with van der Waals surface area (Å²) in [6.07, 6.45) is 4.51. The zero-order valence-electron chi connectivity index (χ0n) is 14.9. The average Bonchev–Trinajstić information content (AvgIpc) is 2.84. The van der Waals surface area contributed by atoms with Crippen LogP contribution in [0.25, 0.3) is 0 Å². The molecule has 2 rings (SSSR count). The van der Waals surface area contributed by atoms with E-state index in [2.05, 4.69) is 17.3 Å². The molecule has 1 N–H and O–H groups in total. The van der Waals surface area contributed by atoms with E-state index in [1.165, 1.54) is 23.1 Å². The first-order valence-corrected chi connectivity index (χ1v) is 8.90. The summed E-state index contributed by atoms with van der Waals surface area (Å²) < 4.78 is 1.53. The molecule has 24 heavy (non-hydrogen) atoms. The summed E-state index contributed by atoms with van der Waals surface area (Å²) in [5.41, 5.74) is 4.94. The third-order valence-electron chi connectivity index (χ3n) is 4.41. The zero-order chi connectivity index (χ0) is 17.7. The first-order valence-electron chi connectivity index (χ1n) is 8.53. The fourth-order valence-electron chi connectivity index (χ4n) is 2.88. The summed E-state index contributed by atoms with van der Waals surface area (Å²) in [5, 5.41) is 8.30. The van der Waals surface area contributed by atoms with Gasteiger partial charge in [-0.2, -0.15) is 5.10 Å². The van der Waals surface area contributed by atoms with Crippen LogP contribution in [0, 0.1) is 20.8 Å². The van der Waals surface area contributed by atoms with Crippen molar-refractivity contribution in [3.05, 3.63) is 45.7 Å². The second-order valence-corrected chi connectivity index (χ2v) is 6.59. The highest BCUT2D eigenvalue weighted by molar-refractivity contribution is 6.31. The molecule has 1 heterocycles. The Morgan fingerprint density at radius 2 is 2.00 bits per heavy atom. The lowest BCUT2D eigenvalue weighted by atomic mass is 10.1. The van der Waals surface area contributed by atoms with Gasteiger partial charge in [0.05, 0.1) is 12.2 Å². The minimum atomic E-state index is -0.0586. The fourth-order valence-corrected chi connectivity index (χ4v) is 3.05. The van der Waals surface area contributed by atoms with Gasteiger partial charge < -0.3 is 5.32 Å². The monoisotopic (exact) mass is 347 g/mol. The molecule has 0 atom stereocenters. The van der Waals surface area contributed by atoms with Gasteiger partial charge in [0.1, 0.15) is 0 Å². The predicted octanol–water partition coefficient (Wildman–Crippen LogP) is 4.95. The number of carbonyl (C=O) groups is 1. The molecule has 0 bridgehead atoms. The lowest BCUT2D eigenvalue weighted by Crippen LogP contribution is -2.23. The van der Waals surface area contributed by atoms with E-state index < -0.39 is 0 Å². The van der Waals surface area contributed by atoms with Crippen LogP contribution < -0.4 is 5.32 Å². The number of unbranched alkanes of at least 4 members (excludes halogenated alkanes) is 2. The molecule has 0 aliphatic heterocycles. The first kappa shape index (κ1) is 18.5. The van der Waals surface area contributed by atoms with E-state index in [-0.39, 0.29) is 12.5 Å². The molecule has 2 aromatic rings. The molecule has 0 spiro atoms. The van der Waals surface area contributed by atoms with Gasteiger partial charge >= 0.3 is 0 Å². The maximum absolute atomic E-state index is 12.5. The Morgan fingerprint density at radius 3 is 2.71 bits per heavy atom. The molecule has 1 aromatic carbocycles. The molecule has 4 nitrogen and oxygen atoms in total. The number of halogens is 1. The van der Waals surface area contributed by atoms with Crippen molar-refractivity contribution in [3.63, 3.8) is 0 Å². The highest BCUT2D eigenvalue weighted by Crippen LogP contribution is 2.23. The van der Waals surface area contributed by atoms with Crippen molar-refractivity contribution in [3.8, 4) is 0 Å². The lowest BCUT2D eigenvalue weighted by molar-refractivity contribution is 0.0910. The van der Waals surface area contributed by atoms with Crippen LogP contribution >= 0.6 is 11.6 Å². The molecule has 0 amide bonds. The van der Waals surface area contributed by atoms with E-state index in [1.807, 2.05) is 39.0 Å². The average molecular weight is 348 g/mol. The summed E-state index contributed by atoms with van der Waals surface area (Å²) in [5.74, 6) is -0.0586. The van der Waals surface area contributed by atoms with E-state index in [1.54, 1.807) is 0 Å².